The Morgan fingerprint density at radius 3 is 2.36 bits per heavy atom. The van der Waals surface area contributed by atoms with Crippen molar-refractivity contribution in [2.24, 2.45) is 0 Å². The number of benzene rings is 1. The summed E-state index contributed by atoms with van der Waals surface area (Å²) in [4.78, 5) is 36.7. The van der Waals surface area contributed by atoms with Crippen LogP contribution in [0, 0.1) is 11.6 Å². The van der Waals surface area contributed by atoms with Crippen LogP contribution < -0.4 is 0 Å². The molecule has 0 spiro atoms. The Hall–Kier alpha value is -2.75. The number of imide groups is 1. The minimum atomic E-state index is -1.82. The van der Waals surface area contributed by atoms with Gasteiger partial charge in [-0.05, 0) is 38.3 Å². The highest BCUT2D eigenvalue weighted by atomic mass is 19.2. The number of halogens is 2. The number of hydrogen-bond acceptors (Lipinski definition) is 4. The molecule has 8 nitrogen and oxygen atoms in total. The van der Waals surface area contributed by atoms with E-state index in [1.54, 1.807) is 0 Å². The van der Waals surface area contributed by atoms with Crippen LogP contribution in [0.1, 0.15) is 38.2 Å². The fourth-order valence-electron chi connectivity index (χ4n) is 3.43. The van der Waals surface area contributed by atoms with Gasteiger partial charge in [-0.3, -0.25) is 4.79 Å². The number of hydrogen-bond donors (Lipinski definition) is 3. The second-order valence-corrected chi connectivity index (χ2v) is 7.40. The van der Waals surface area contributed by atoms with Crippen molar-refractivity contribution in [3.8, 4) is 0 Å². The van der Waals surface area contributed by atoms with E-state index in [1.165, 1.54) is 26.0 Å². The van der Waals surface area contributed by atoms with Crippen LogP contribution in [-0.2, 0) is 4.79 Å². The molecule has 3 N–H and O–H groups in total. The highest BCUT2D eigenvalue weighted by Crippen LogP contribution is 2.32. The molecular formula is C18H22F2N2O6. The van der Waals surface area contributed by atoms with E-state index in [-0.39, 0.29) is 36.4 Å². The van der Waals surface area contributed by atoms with Crippen molar-refractivity contribution in [1.29, 1.82) is 0 Å². The monoisotopic (exact) mass is 400 g/mol. The van der Waals surface area contributed by atoms with Gasteiger partial charge < -0.3 is 20.2 Å². The third-order valence-electron chi connectivity index (χ3n) is 4.55. The summed E-state index contributed by atoms with van der Waals surface area (Å²) >= 11 is 0. The largest absolute Gasteiger partial charge is 0.464 e. The highest BCUT2D eigenvalue weighted by molar-refractivity contribution is 5.94. The van der Waals surface area contributed by atoms with E-state index in [0.29, 0.717) is 0 Å². The van der Waals surface area contributed by atoms with Crippen molar-refractivity contribution in [2.45, 2.75) is 44.2 Å². The fourth-order valence-corrected chi connectivity index (χ4v) is 3.43. The van der Waals surface area contributed by atoms with Gasteiger partial charge in [-0.1, -0.05) is 12.1 Å². The molecule has 0 unspecified atom stereocenters. The molecule has 2 atom stereocenters. The van der Waals surface area contributed by atoms with E-state index in [4.69, 9.17) is 0 Å². The van der Waals surface area contributed by atoms with Crippen LogP contribution in [0.5, 0.6) is 0 Å². The van der Waals surface area contributed by atoms with E-state index >= 15 is 0 Å². The average molecular weight is 400 g/mol. The quantitative estimate of drug-likeness (QED) is 0.715. The topological polar surface area (TPSA) is 118 Å². The Bertz CT molecular complexity index is 766. The van der Waals surface area contributed by atoms with Gasteiger partial charge in [0.1, 0.15) is 6.04 Å². The van der Waals surface area contributed by atoms with Gasteiger partial charge in [0.15, 0.2) is 11.6 Å². The average Bonchev–Trinajstić information content (AvgIpc) is 2.69. The molecule has 1 aromatic rings. The Morgan fingerprint density at radius 2 is 1.82 bits per heavy atom. The molecule has 28 heavy (non-hydrogen) atoms. The van der Waals surface area contributed by atoms with Crippen LogP contribution in [0.3, 0.4) is 0 Å². The maximum absolute atomic E-state index is 14.3. The maximum atomic E-state index is 14.3. The normalized spacial score (nSPS) is 20.6. The predicted molar refractivity (Wildman–Crippen MR) is 92.9 cm³/mol. The molecule has 1 aromatic carbocycles. The van der Waals surface area contributed by atoms with E-state index in [9.17, 15) is 38.5 Å². The van der Waals surface area contributed by atoms with Crippen LogP contribution >= 0.6 is 0 Å². The van der Waals surface area contributed by atoms with Crippen LogP contribution in [0.4, 0.5) is 18.4 Å². The number of nitrogens with zero attached hydrogens (tertiary/aromatic N) is 2. The van der Waals surface area contributed by atoms with Crippen molar-refractivity contribution in [1.82, 2.24) is 9.80 Å². The Balaban J connectivity index is 2.45. The zero-order valence-electron chi connectivity index (χ0n) is 15.4. The van der Waals surface area contributed by atoms with Crippen molar-refractivity contribution < 1.29 is 38.5 Å². The lowest BCUT2D eigenvalue weighted by molar-refractivity contribution is -0.138. The Morgan fingerprint density at radius 1 is 1.21 bits per heavy atom. The first-order valence-electron chi connectivity index (χ1n) is 8.62. The molecule has 0 aromatic heterocycles. The number of amides is 3. The molecule has 1 aliphatic heterocycles. The molecule has 0 aliphatic carbocycles. The van der Waals surface area contributed by atoms with Gasteiger partial charge in [0, 0.05) is 19.0 Å². The van der Waals surface area contributed by atoms with Gasteiger partial charge >= 0.3 is 12.2 Å². The van der Waals surface area contributed by atoms with Gasteiger partial charge in [-0.2, -0.15) is 4.90 Å². The third kappa shape index (κ3) is 4.75. The summed E-state index contributed by atoms with van der Waals surface area (Å²) < 4.78 is 27.9. The molecule has 3 amide bonds. The van der Waals surface area contributed by atoms with Crippen molar-refractivity contribution in [3.63, 3.8) is 0 Å². The van der Waals surface area contributed by atoms with Gasteiger partial charge in [0.25, 0.3) is 0 Å². The van der Waals surface area contributed by atoms with Crippen LogP contribution in [0.2, 0.25) is 0 Å². The molecule has 154 valence electrons. The molecular weight excluding hydrogens is 378 g/mol. The second-order valence-electron chi connectivity index (χ2n) is 7.40. The molecule has 10 heteroatoms. The molecule has 0 radical (unpaired) electrons. The van der Waals surface area contributed by atoms with Gasteiger partial charge in [-0.15, -0.1) is 0 Å². The maximum Gasteiger partial charge on any atom is 0.417 e. The van der Waals surface area contributed by atoms with Gasteiger partial charge in [0.2, 0.25) is 5.91 Å². The minimum Gasteiger partial charge on any atom is -0.464 e. The molecule has 2 rings (SSSR count). The summed E-state index contributed by atoms with van der Waals surface area (Å²) in [7, 11) is 0. The molecule has 1 aliphatic rings. The lowest BCUT2D eigenvalue weighted by Gasteiger charge is -2.33. The van der Waals surface area contributed by atoms with Crippen LogP contribution in [0.15, 0.2) is 18.2 Å². The summed E-state index contributed by atoms with van der Waals surface area (Å²) in [6.07, 6.45) is -3.77. The summed E-state index contributed by atoms with van der Waals surface area (Å²) in [5.74, 6) is -3.64. The number of β-amino-alcohol motifs (C(OH)–C–C–N with tert-alkyl or cyclic N) is 1. The number of rotatable bonds is 4. The number of likely N-dealkylation sites (tertiary alicyclic amines) is 1. The standard InChI is InChI=1S/C18H22F2N2O6/c1-18(2,28)9-21-8-10(11-4-3-5-12(19)14(11)20)6-7-13(15(21)23)22(16(24)25)17(26)27/h3-5,10,13,28H,6-9H2,1-2H3,(H,24,25)(H,26,27)/t10-,13-/m1/s1. The van der Waals surface area contributed by atoms with Crippen molar-refractivity contribution in [2.75, 3.05) is 13.1 Å². The Labute approximate surface area is 160 Å². The minimum absolute atomic E-state index is 0.00399. The number of carbonyl (C=O) groups excluding carboxylic acids is 1. The van der Waals surface area contributed by atoms with Crippen LogP contribution in [0.25, 0.3) is 0 Å². The van der Waals surface area contributed by atoms with E-state index < -0.39 is 47.3 Å². The predicted octanol–water partition coefficient (Wildman–Crippen LogP) is 2.47. The number of carbonyl (C=O) groups is 3. The second kappa shape index (κ2) is 8.09. The summed E-state index contributed by atoms with van der Waals surface area (Å²) in [5, 5.41) is 28.5. The lowest BCUT2D eigenvalue weighted by atomic mass is 9.92. The number of aliphatic hydroxyl groups is 1. The summed E-state index contributed by atoms with van der Waals surface area (Å²) in [6, 6.07) is 2.09. The molecule has 1 fully saturated rings. The molecule has 0 bridgehead atoms. The first-order valence-corrected chi connectivity index (χ1v) is 8.62. The van der Waals surface area contributed by atoms with Crippen molar-refractivity contribution >= 4 is 18.1 Å². The van der Waals surface area contributed by atoms with Crippen LogP contribution in [-0.4, -0.2) is 67.9 Å². The summed E-state index contributed by atoms with van der Waals surface area (Å²) in [6.45, 7) is 2.49. The molecule has 1 saturated heterocycles. The zero-order valence-corrected chi connectivity index (χ0v) is 15.4. The lowest BCUT2D eigenvalue weighted by Crippen LogP contribution is -2.54. The molecule has 1 heterocycles. The fraction of sp³-hybridized carbons (Fsp3) is 0.500. The zero-order chi connectivity index (χ0) is 21.2. The van der Waals surface area contributed by atoms with Crippen molar-refractivity contribution in [3.05, 3.63) is 35.4 Å². The third-order valence-corrected chi connectivity index (χ3v) is 4.55. The SMILES string of the molecule is CC(C)(O)CN1C[C@H](c2cccc(F)c2F)CC[C@@H](N(C(=O)O)C(=O)O)C1=O. The first-order chi connectivity index (χ1) is 12.9. The summed E-state index contributed by atoms with van der Waals surface area (Å²) in [5.41, 5.74) is -1.36. The van der Waals surface area contributed by atoms with E-state index in [2.05, 4.69) is 0 Å². The number of carboxylic acid groups (broad SMARTS) is 2. The van der Waals surface area contributed by atoms with Gasteiger partial charge in [0.05, 0.1) is 5.60 Å². The smallest absolute Gasteiger partial charge is 0.417 e. The highest BCUT2D eigenvalue weighted by Gasteiger charge is 2.42. The Kier molecular flexibility index (Phi) is 6.23. The van der Waals surface area contributed by atoms with E-state index in [0.717, 1.165) is 11.0 Å². The molecule has 0 saturated carbocycles. The first kappa shape index (κ1) is 21.5. The van der Waals surface area contributed by atoms with E-state index in [1.807, 2.05) is 0 Å². The van der Waals surface area contributed by atoms with Gasteiger partial charge in [-0.25, -0.2) is 18.4 Å².